The van der Waals surface area contributed by atoms with Gasteiger partial charge in [0, 0.05) is 32.2 Å². The molecule has 0 unspecified atom stereocenters. The first-order valence-electron chi connectivity index (χ1n) is 10.7. The topological polar surface area (TPSA) is 60.2 Å². The highest BCUT2D eigenvalue weighted by atomic mass is 16.4. The maximum absolute atomic E-state index is 12.9. The van der Waals surface area contributed by atoms with Crippen LogP contribution in [0, 0.1) is 11.8 Å². The van der Waals surface area contributed by atoms with E-state index in [-0.39, 0.29) is 18.4 Å². The van der Waals surface area contributed by atoms with Crippen molar-refractivity contribution in [1.82, 2.24) is 14.7 Å². The van der Waals surface area contributed by atoms with E-state index in [0.717, 1.165) is 51.6 Å². The van der Waals surface area contributed by atoms with Gasteiger partial charge >= 0.3 is 0 Å². The number of amides is 1. The fraction of sp³-hybridized carbons (Fsp3) is 0.762. The molecule has 3 fully saturated rings. The zero-order chi connectivity index (χ0) is 18.6. The number of furan rings is 1. The highest BCUT2D eigenvalue weighted by Gasteiger charge is 2.37. The number of piperidine rings is 1. The first-order chi connectivity index (χ1) is 13.2. The van der Waals surface area contributed by atoms with Crippen LogP contribution in [0.1, 0.15) is 48.4 Å². The summed E-state index contributed by atoms with van der Waals surface area (Å²) in [5.41, 5.74) is 0. The van der Waals surface area contributed by atoms with Crippen molar-refractivity contribution in [2.45, 2.75) is 38.6 Å². The summed E-state index contributed by atoms with van der Waals surface area (Å²) in [5, 5.41) is 9.81. The van der Waals surface area contributed by atoms with Crippen molar-refractivity contribution in [3.63, 3.8) is 0 Å². The van der Waals surface area contributed by atoms with E-state index in [2.05, 4.69) is 9.80 Å². The molecule has 4 heterocycles. The van der Waals surface area contributed by atoms with E-state index in [1.807, 2.05) is 17.0 Å². The summed E-state index contributed by atoms with van der Waals surface area (Å²) in [6.07, 6.45) is 6.37. The van der Waals surface area contributed by atoms with Crippen LogP contribution in [-0.2, 0) is 6.54 Å². The predicted molar refractivity (Wildman–Crippen MR) is 103 cm³/mol. The van der Waals surface area contributed by atoms with Gasteiger partial charge in [-0.1, -0.05) is 6.42 Å². The Labute approximate surface area is 162 Å². The Morgan fingerprint density at radius 3 is 2.37 bits per heavy atom. The van der Waals surface area contributed by atoms with Crippen molar-refractivity contribution in [1.29, 1.82) is 0 Å². The normalized spacial score (nSPS) is 27.5. The maximum atomic E-state index is 12.9. The Hall–Kier alpha value is -1.37. The molecule has 3 aliphatic rings. The van der Waals surface area contributed by atoms with Crippen molar-refractivity contribution >= 4 is 5.91 Å². The molecule has 0 radical (unpaired) electrons. The van der Waals surface area contributed by atoms with Crippen molar-refractivity contribution < 1.29 is 14.3 Å². The van der Waals surface area contributed by atoms with Gasteiger partial charge in [-0.2, -0.15) is 0 Å². The predicted octanol–water partition coefficient (Wildman–Crippen LogP) is 2.04. The Balaban J connectivity index is 1.34. The van der Waals surface area contributed by atoms with Gasteiger partial charge in [0.1, 0.15) is 5.76 Å². The summed E-state index contributed by atoms with van der Waals surface area (Å²) in [4.78, 5) is 19.7. The minimum atomic E-state index is -0.0257. The molecular formula is C21H33N3O3. The van der Waals surface area contributed by atoms with Crippen molar-refractivity contribution in [3.05, 3.63) is 23.7 Å². The third-order valence-electron chi connectivity index (χ3n) is 6.49. The molecule has 1 aromatic rings. The fourth-order valence-electron chi connectivity index (χ4n) is 4.89. The van der Waals surface area contributed by atoms with Crippen LogP contribution >= 0.6 is 0 Å². The van der Waals surface area contributed by atoms with Gasteiger partial charge in [-0.3, -0.25) is 9.69 Å². The standard InChI is InChI=1S/C21H33N3O3/c25-16-18-14-24(13-17(18)12-22-8-2-1-3-9-22)21(26)20-7-6-19(27-20)15-23-10-4-5-11-23/h6-7,17-18,25H,1-5,8-16H2/t17-,18-/m1/s1. The molecule has 0 spiro atoms. The van der Waals surface area contributed by atoms with Gasteiger partial charge in [0.15, 0.2) is 5.76 Å². The molecule has 27 heavy (non-hydrogen) atoms. The van der Waals surface area contributed by atoms with Gasteiger partial charge in [-0.15, -0.1) is 0 Å². The van der Waals surface area contributed by atoms with Crippen LogP contribution in [0.5, 0.6) is 0 Å². The average molecular weight is 376 g/mol. The lowest BCUT2D eigenvalue weighted by Gasteiger charge is -2.30. The minimum absolute atomic E-state index is 0.0257. The summed E-state index contributed by atoms with van der Waals surface area (Å²) >= 11 is 0. The molecule has 1 aromatic heterocycles. The van der Waals surface area contributed by atoms with Gasteiger partial charge in [-0.25, -0.2) is 0 Å². The lowest BCUT2D eigenvalue weighted by Crippen LogP contribution is -2.37. The van der Waals surface area contributed by atoms with Crippen LogP contribution in [0.15, 0.2) is 16.5 Å². The fourth-order valence-corrected chi connectivity index (χ4v) is 4.89. The molecule has 150 valence electrons. The maximum Gasteiger partial charge on any atom is 0.289 e. The molecule has 1 amide bonds. The molecular weight excluding hydrogens is 342 g/mol. The third-order valence-corrected chi connectivity index (χ3v) is 6.49. The largest absolute Gasteiger partial charge is 0.455 e. The van der Waals surface area contributed by atoms with E-state index in [1.54, 1.807) is 0 Å². The molecule has 3 saturated heterocycles. The van der Waals surface area contributed by atoms with E-state index in [0.29, 0.717) is 18.2 Å². The second kappa shape index (κ2) is 8.76. The van der Waals surface area contributed by atoms with E-state index >= 15 is 0 Å². The Kier molecular flexibility index (Phi) is 6.15. The van der Waals surface area contributed by atoms with Crippen molar-refractivity contribution in [2.75, 3.05) is 52.4 Å². The average Bonchev–Trinajstić information content (AvgIpc) is 3.44. The molecule has 0 aliphatic carbocycles. The number of carbonyl (C=O) groups is 1. The number of aliphatic hydroxyl groups excluding tert-OH is 1. The van der Waals surface area contributed by atoms with Crippen molar-refractivity contribution in [2.24, 2.45) is 11.8 Å². The van der Waals surface area contributed by atoms with Gasteiger partial charge in [0.25, 0.3) is 5.91 Å². The lowest BCUT2D eigenvalue weighted by atomic mass is 9.95. The van der Waals surface area contributed by atoms with Gasteiger partial charge in [-0.05, 0) is 69.9 Å². The molecule has 6 nitrogen and oxygen atoms in total. The third kappa shape index (κ3) is 4.55. The van der Waals surface area contributed by atoms with Crippen molar-refractivity contribution in [3.8, 4) is 0 Å². The van der Waals surface area contributed by atoms with Crippen LogP contribution in [0.3, 0.4) is 0 Å². The van der Waals surface area contributed by atoms with Crippen LogP contribution in [-0.4, -0.2) is 78.1 Å². The van der Waals surface area contributed by atoms with Crippen LogP contribution < -0.4 is 0 Å². The Bertz CT molecular complexity index is 620. The highest BCUT2D eigenvalue weighted by Crippen LogP contribution is 2.27. The van der Waals surface area contributed by atoms with E-state index in [1.165, 1.54) is 32.1 Å². The molecule has 6 heteroatoms. The zero-order valence-corrected chi connectivity index (χ0v) is 16.3. The summed E-state index contributed by atoms with van der Waals surface area (Å²) in [7, 11) is 0. The molecule has 0 aromatic carbocycles. The SMILES string of the molecule is O=C(c1ccc(CN2CCCC2)o1)N1C[C@@H](CN2CCCCC2)[C@@H](CO)C1. The van der Waals surface area contributed by atoms with Crippen LogP contribution in [0.4, 0.5) is 0 Å². The molecule has 1 N–H and O–H groups in total. The summed E-state index contributed by atoms with van der Waals surface area (Å²) in [6.45, 7) is 7.84. The molecule has 2 atom stereocenters. The molecule has 3 aliphatic heterocycles. The van der Waals surface area contributed by atoms with E-state index < -0.39 is 0 Å². The van der Waals surface area contributed by atoms with Crippen LogP contribution in [0.2, 0.25) is 0 Å². The smallest absolute Gasteiger partial charge is 0.289 e. The Morgan fingerprint density at radius 2 is 1.63 bits per heavy atom. The number of aliphatic hydroxyl groups is 1. The number of likely N-dealkylation sites (tertiary alicyclic amines) is 3. The molecule has 4 rings (SSSR count). The molecule has 0 saturated carbocycles. The Morgan fingerprint density at radius 1 is 0.963 bits per heavy atom. The first kappa shape index (κ1) is 19.0. The van der Waals surface area contributed by atoms with E-state index in [4.69, 9.17) is 4.42 Å². The number of hydrogen-bond acceptors (Lipinski definition) is 5. The van der Waals surface area contributed by atoms with Crippen LogP contribution in [0.25, 0.3) is 0 Å². The lowest BCUT2D eigenvalue weighted by molar-refractivity contribution is 0.0743. The monoisotopic (exact) mass is 375 g/mol. The second-order valence-electron chi connectivity index (χ2n) is 8.52. The van der Waals surface area contributed by atoms with Gasteiger partial charge in [0.2, 0.25) is 0 Å². The van der Waals surface area contributed by atoms with Gasteiger partial charge in [0.05, 0.1) is 6.54 Å². The molecule has 0 bridgehead atoms. The summed E-state index contributed by atoms with van der Waals surface area (Å²) < 4.78 is 5.87. The van der Waals surface area contributed by atoms with Gasteiger partial charge < -0.3 is 19.3 Å². The summed E-state index contributed by atoms with van der Waals surface area (Å²) in [5.74, 6) is 1.83. The number of hydrogen-bond donors (Lipinski definition) is 1. The number of carbonyl (C=O) groups excluding carboxylic acids is 1. The van der Waals surface area contributed by atoms with E-state index in [9.17, 15) is 9.90 Å². The minimum Gasteiger partial charge on any atom is -0.455 e. The number of nitrogens with zero attached hydrogens (tertiary/aromatic N) is 3. The second-order valence-corrected chi connectivity index (χ2v) is 8.52. The zero-order valence-electron chi connectivity index (χ0n) is 16.3. The highest BCUT2D eigenvalue weighted by molar-refractivity contribution is 5.91. The summed E-state index contributed by atoms with van der Waals surface area (Å²) in [6, 6.07) is 3.76. The first-order valence-corrected chi connectivity index (χ1v) is 10.7. The quantitative estimate of drug-likeness (QED) is 0.825. The number of rotatable bonds is 6.